The first kappa shape index (κ1) is 25.3. The summed E-state index contributed by atoms with van der Waals surface area (Å²) in [4.78, 5) is 12.7. The van der Waals surface area contributed by atoms with Crippen LogP contribution in [0.3, 0.4) is 0 Å². The molecule has 0 spiro atoms. The van der Waals surface area contributed by atoms with Gasteiger partial charge in [0.25, 0.3) is 5.91 Å². The number of hydrogen-bond acceptors (Lipinski definition) is 4. The smallest absolute Gasteiger partial charge is 0.255 e. The van der Waals surface area contributed by atoms with Crippen LogP contribution in [-0.4, -0.2) is 19.1 Å². The highest BCUT2D eigenvalue weighted by molar-refractivity contribution is 6.31. The summed E-state index contributed by atoms with van der Waals surface area (Å²) >= 11 is 6.11. The minimum atomic E-state index is -0.182. The molecular formula is C28H32ClN3O2. The summed E-state index contributed by atoms with van der Waals surface area (Å²) < 4.78 is 5.77. The standard InChI is InChI=1S/C28H32ClN3O2/c1-3-4-17-34-27-14-13-25(29)19-26(27)28(33)31-16-15-21-5-9-23(10-6-21)24-11-7-22(8-12-24)18-20(2)32-30/h5-14,19,32H,2-4,15-18,30H2,1H3,(H,31,33). The summed E-state index contributed by atoms with van der Waals surface area (Å²) in [6, 6.07) is 21.9. The van der Waals surface area contributed by atoms with Crippen molar-refractivity contribution >= 4 is 17.5 Å². The molecule has 5 nitrogen and oxygen atoms in total. The minimum Gasteiger partial charge on any atom is -0.493 e. The van der Waals surface area contributed by atoms with Crippen LogP contribution in [0.1, 0.15) is 41.3 Å². The molecule has 0 aliphatic heterocycles. The van der Waals surface area contributed by atoms with Crippen molar-refractivity contribution < 1.29 is 9.53 Å². The van der Waals surface area contributed by atoms with Crippen LogP contribution in [0.25, 0.3) is 11.1 Å². The number of nitrogens with two attached hydrogens (primary N) is 1. The van der Waals surface area contributed by atoms with Crippen LogP contribution in [0.4, 0.5) is 0 Å². The Morgan fingerprint density at radius 3 is 2.26 bits per heavy atom. The number of carbonyl (C=O) groups is 1. The number of allylic oxidation sites excluding steroid dienone is 1. The van der Waals surface area contributed by atoms with Gasteiger partial charge in [0.05, 0.1) is 12.2 Å². The van der Waals surface area contributed by atoms with Crippen LogP contribution in [0.5, 0.6) is 5.75 Å². The maximum Gasteiger partial charge on any atom is 0.255 e. The molecule has 0 aromatic heterocycles. The molecule has 1 amide bonds. The van der Waals surface area contributed by atoms with Gasteiger partial charge >= 0.3 is 0 Å². The van der Waals surface area contributed by atoms with Crippen LogP contribution >= 0.6 is 11.6 Å². The van der Waals surface area contributed by atoms with Gasteiger partial charge < -0.3 is 15.5 Å². The first-order valence-electron chi connectivity index (χ1n) is 11.5. The number of benzene rings is 3. The lowest BCUT2D eigenvalue weighted by molar-refractivity contribution is 0.0950. The zero-order chi connectivity index (χ0) is 24.3. The van der Waals surface area contributed by atoms with Gasteiger partial charge in [-0.2, -0.15) is 0 Å². The van der Waals surface area contributed by atoms with Gasteiger partial charge in [-0.05, 0) is 53.3 Å². The first-order chi connectivity index (χ1) is 16.5. The Morgan fingerprint density at radius 1 is 1.00 bits per heavy atom. The average molecular weight is 478 g/mol. The number of amides is 1. The van der Waals surface area contributed by atoms with E-state index in [1.54, 1.807) is 18.2 Å². The van der Waals surface area contributed by atoms with Crippen LogP contribution in [0, 0.1) is 0 Å². The molecule has 0 radical (unpaired) electrons. The van der Waals surface area contributed by atoms with E-state index in [-0.39, 0.29) is 5.91 Å². The molecule has 4 N–H and O–H groups in total. The molecule has 6 heteroatoms. The van der Waals surface area contributed by atoms with E-state index in [9.17, 15) is 4.79 Å². The molecule has 0 fully saturated rings. The molecule has 0 atom stereocenters. The fourth-order valence-corrected chi connectivity index (χ4v) is 3.70. The van der Waals surface area contributed by atoms with Gasteiger partial charge in [0.2, 0.25) is 0 Å². The highest BCUT2D eigenvalue weighted by Crippen LogP contribution is 2.24. The van der Waals surface area contributed by atoms with Gasteiger partial charge in [-0.25, -0.2) is 0 Å². The number of halogens is 1. The maximum atomic E-state index is 12.7. The number of rotatable bonds is 12. The van der Waals surface area contributed by atoms with Gasteiger partial charge in [-0.1, -0.05) is 80.1 Å². The van der Waals surface area contributed by atoms with Crippen molar-refractivity contribution in [2.75, 3.05) is 13.2 Å². The fraction of sp³-hybridized carbons (Fsp3) is 0.250. The van der Waals surface area contributed by atoms with Crippen molar-refractivity contribution in [3.05, 3.63) is 101 Å². The Bertz CT molecular complexity index is 1100. The van der Waals surface area contributed by atoms with Crippen molar-refractivity contribution in [1.82, 2.24) is 10.7 Å². The number of hydrogen-bond donors (Lipinski definition) is 3. The fourth-order valence-electron chi connectivity index (χ4n) is 3.52. The summed E-state index contributed by atoms with van der Waals surface area (Å²) in [5.74, 6) is 5.77. The predicted octanol–water partition coefficient (Wildman–Crippen LogP) is 5.68. The number of ether oxygens (including phenoxy) is 1. The third kappa shape index (κ3) is 7.37. The molecule has 3 rings (SSSR count). The molecule has 0 heterocycles. The van der Waals surface area contributed by atoms with Gasteiger partial charge in [0, 0.05) is 23.7 Å². The lowest BCUT2D eigenvalue weighted by Crippen LogP contribution is -2.26. The number of nitrogens with one attached hydrogen (secondary N) is 2. The Labute approximate surface area is 206 Å². The largest absolute Gasteiger partial charge is 0.493 e. The summed E-state index contributed by atoms with van der Waals surface area (Å²) in [6.45, 7) is 7.06. The molecule has 178 valence electrons. The zero-order valence-electron chi connectivity index (χ0n) is 19.6. The average Bonchev–Trinajstić information content (AvgIpc) is 2.86. The van der Waals surface area contributed by atoms with E-state index in [0.717, 1.165) is 47.2 Å². The maximum absolute atomic E-state index is 12.7. The summed E-state index contributed by atoms with van der Waals surface area (Å²) in [5.41, 5.74) is 8.41. The zero-order valence-corrected chi connectivity index (χ0v) is 20.3. The van der Waals surface area contributed by atoms with Crippen LogP contribution < -0.4 is 21.3 Å². The third-order valence-electron chi connectivity index (χ3n) is 5.50. The highest BCUT2D eigenvalue weighted by atomic mass is 35.5. The molecule has 3 aromatic carbocycles. The minimum absolute atomic E-state index is 0.182. The molecule has 0 saturated carbocycles. The van der Waals surface area contributed by atoms with Crippen molar-refractivity contribution in [2.24, 2.45) is 5.84 Å². The van der Waals surface area contributed by atoms with E-state index < -0.39 is 0 Å². The molecule has 0 aliphatic rings. The number of carbonyl (C=O) groups excluding carboxylic acids is 1. The molecule has 0 bridgehead atoms. The van der Waals surface area contributed by atoms with E-state index in [1.165, 1.54) is 0 Å². The molecule has 34 heavy (non-hydrogen) atoms. The van der Waals surface area contributed by atoms with Crippen LogP contribution in [0.15, 0.2) is 79.0 Å². The number of unbranched alkanes of at least 4 members (excludes halogenated alkanes) is 1. The van der Waals surface area contributed by atoms with Crippen molar-refractivity contribution in [3.8, 4) is 16.9 Å². The number of hydrazine groups is 1. The van der Waals surface area contributed by atoms with Crippen molar-refractivity contribution in [2.45, 2.75) is 32.6 Å². The molecule has 3 aromatic rings. The topological polar surface area (TPSA) is 76.4 Å². The summed E-state index contributed by atoms with van der Waals surface area (Å²) in [7, 11) is 0. The lowest BCUT2D eigenvalue weighted by Gasteiger charge is -2.12. The predicted molar refractivity (Wildman–Crippen MR) is 140 cm³/mol. The molecule has 0 aliphatic carbocycles. The quantitative estimate of drug-likeness (QED) is 0.178. The van der Waals surface area contributed by atoms with E-state index >= 15 is 0 Å². The summed E-state index contributed by atoms with van der Waals surface area (Å²) in [6.07, 6.45) is 3.39. The van der Waals surface area contributed by atoms with Crippen LogP contribution in [-0.2, 0) is 12.8 Å². The van der Waals surface area contributed by atoms with Crippen molar-refractivity contribution in [1.29, 1.82) is 0 Å². The van der Waals surface area contributed by atoms with Gasteiger partial charge in [-0.15, -0.1) is 0 Å². The lowest BCUT2D eigenvalue weighted by atomic mass is 10.0. The molecule has 0 saturated heterocycles. The SMILES string of the molecule is C=C(Cc1ccc(-c2ccc(CCNC(=O)c3cc(Cl)ccc3OCCCC)cc2)cc1)NN. The third-order valence-corrected chi connectivity index (χ3v) is 5.74. The Balaban J connectivity index is 1.54. The Kier molecular flexibility index (Phi) is 9.56. The van der Waals surface area contributed by atoms with E-state index in [4.69, 9.17) is 22.2 Å². The summed E-state index contributed by atoms with van der Waals surface area (Å²) in [5, 5.41) is 3.49. The second kappa shape index (κ2) is 12.8. The Morgan fingerprint density at radius 2 is 1.65 bits per heavy atom. The van der Waals surface area contributed by atoms with Gasteiger partial charge in [0.15, 0.2) is 0 Å². The first-order valence-corrected chi connectivity index (χ1v) is 11.9. The van der Waals surface area contributed by atoms with Crippen LogP contribution in [0.2, 0.25) is 5.02 Å². The molecule has 0 unspecified atom stereocenters. The van der Waals surface area contributed by atoms with Gasteiger partial charge in [-0.3, -0.25) is 10.6 Å². The van der Waals surface area contributed by atoms with Crippen molar-refractivity contribution in [3.63, 3.8) is 0 Å². The monoisotopic (exact) mass is 477 g/mol. The molecular weight excluding hydrogens is 446 g/mol. The van der Waals surface area contributed by atoms with Gasteiger partial charge in [0.1, 0.15) is 5.75 Å². The normalized spacial score (nSPS) is 10.6. The second-order valence-electron chi connectivity index (χ2n) is 8.17. The highest BCUT2D eigenvalue weighted by Gasteiger charge is 2.13. The van der Waals surface area contributed by atoms with E-state index in [1.807, 2.05) is 0 Å². The second-order valence-corrected chi connectivity index (χ2v) is 8.60. The van der Waals surface area contributed by atoms with E-state index in [2.05, 4.69) is 72.8 Å². The Hall–Kier alpha value is -3.28. The van der Waals surface area contributed by atoms with E-state index in [0.29, 0.717) is 35.9 Å².